The maximum Gasteiger partial charge on any atom is 0.343 e. The van der Waals surface area contributed by atoms with Crippen molar-refractivity contribution in [3.8, 4) is 0 Å². The quantitative estimate of drug-likeness (QED) is 0.501. The molecule has 1 N–H and O–H groups in total. The minimum atomic E-state index is -1.09. The summed E-state index contributed by atoms with van der Waals surface area (Å²) < 4.78 is 0. The Balaban J connectivity index is 3.07. The van der Waals surface area contributed by atoms with E-state index in [1.165, 1.54) is 12.2 Å². The molecule has 1 rings (SSSR count). The van der Waals surface area contributed by atoms with Gasteiger partial charge in [0.25, 0.3) is 0 Å². The van der Waals surface area contributed by atoms with Gasteiger partial charge in [0, 0.05) is 12.1 Å². The normalized spacial score (nSPS) is 20.6. The van der Waals surface area contributed by atoms with E-state index in [-0.39, 0.29) is 17.3 Å². The van der Waals surface area contributed by atoms with Crippen LogP contribution in [0.15, 0.2) is 23.8 Å². The van der Waals surface area contributed by atoms with Crippen LogP contribution >= 0.6 is 0 Å². The van der Waals surface area contributed by atoms with Crippen molar-refractivity contribution >= 4 is 11.7 Å². The van der Waals surface area contributed by atoms with Crippen molar-refractivity contribution in [3.63, 3.8) is 0 Å². The first kappa shape index (κ1) is 10.4. The molecule has 0 aromatic carbocycles. The molecule has 0 bridgehead atoms. The molecule has 0 spiro atoms. The average Bonchev–Trinajstić information content (AvgIpc) is 2.16. The number of carboxylic acid groups (broad SMARTS) is 1. The van der Waals surface area contributed by atoms with E-state index in [0.717, 1.165) is 0 Å². The molecule has 0 saturated heterocycles. The molecule has 0 aliphatic heterocycles. The highest BCUT2D eigenvalue weighted by atomic mass is 16.4. The Kier molecular flexibility index (Phi) is 2.96. The Bertz CT molecular complexity index is 362. The van der Waals surface area contributed by atoms with Crippen LogP contribution in [0.1, 0.15) is 0 Å². The fourth-order valence-electron chi connectivity index (χ4n) is 1.18. The molecule has 5 nitrogen and oxygen atoms in total. The predicted molar refractivity (Wildman–Crippen MR) is 51.0 cm³/mol. The van der Waals surface area contributed by atoms with Gasteiger partial charge in [0.15, 0.2) is 0 Å². The molecule has 0 heterocycles. The number of likely N-dealkylation sites (N-methyl/N-ethyl adjacent to an activating group) is 1. The van der Waals surface area contributed by atoms with Crippen LogP contribution in [0.3, 0.4) is 0 Å². The number of nitrogens with zero attached hydrogens (tertiary/aromatic N) is 3. The van der Waals surface area contributed by atoms with E-state index in [2.05, 4.69) is 4.79 Å². The maximum absolute atomic E-state index is 10.8. The Morgan fingerprint density at radius 3 is 2.71 bits per heavy atom. The van der Waals surface area contributed by atoms with Gasteiger partial charge in [-0.05, 0) is 20.2 Å². The molecule has 1 aliphatic rings. The Hall–Kier alpha value is -1.71. The van der Waals surface area contributed by atoms with Gasteiger partial charge in [-0.3, -0.25) is 4.90 Å². The van der Waals surface area contributed by atoms with Gasteiger partial charge in [0.2, 0.25) is 0 Å². The molecule has 1 atom stereocenters. The monoisotopic (exact) mass is 193 g/mol. The first-order chi connectivity index (χ1) is 6.56. The molecular formula is C9H11N3O2. The smallest absolute Gasteiger partial charge is 0.343 e. The summed E-state index contributed by atoms with van der Waals surface area (Å²) in [5.74, 6) is -1.09. The van der Waals surface area contributed by atoms with Gasteiger partial charge < -0.3 is 10.6 Å². The van der Waals surface area contributed by atoms with E-state index >= 15 is 0 Å². The Morgan fingerprint density at radius 2 is 2.29 bits per heavy atom. The number of hydrogen-bond donors (Lipinski definition) is 1. The molecule has 14 heavy (non-hydrogen) atoms. The first-order valence-electron chi connectivity index (χ1n) is 4.08. The first-order valence-corrected chi connectivity index (χ1v) is 4.08. The largest absolute Gasteiger partial charge is 0.477 e. The number of hydrogen-bond acceptors (Lipinski definition) is 2. The van der Waals surface area contributed by atoms with Crippen LogP contribution < -0.4 is 0 Å². The van der Waals surface area contributed by atoms with Crippen molar-refractivity contribution in [2.24, 2.45) is 0 Å². The molecule has 0 aromatic heterocycles. The van der Waals surface area contributed by atoms with Crippen molar-refractivity contribution in [3.05, 3.63) is 29.3 Å². The molecule has 0 radical (unpaired) electrons. The van der Waals surface area contributed by atoms with Crippen LogP contribution in [0.2, 0.25) is 0 Å². The molecule has 0 saturated carbocycles. The fraction of sp³-hybridized carbons (Fsp3) is 0.333. The maximum atomic E-state index is 10.8. The van der Waals surface area contributed by atoms with Crippen LogP contribution in [0.4, 0.5) is 0 Å². The van der Waals surface area contributed by atoms with Crippen molar-refractivity contribution in [1.29, 1.82) is 0 Å². The van der Waals surface area contributed by atoms with Crippen molar-refractivity contribution in [2.45, 2.75) is 6.04 Å². The molecular weight excluding hydrogens is 182 g/mol. The molecule has 0 aromatic rings. The van der Waals surface area contributed by atoms with Gasteiger partial charge >= 0.3 is 11.7 Å². The van der Waals surface area contributed by atoms with Crippen molar-refractivity contribution in [1.82, 2.24) is 4.90 Å². The third-order valence-corrected chi connectivity index (χ3v) is 2.00. The lowest BCUT2D eigenvalue weighted by Crippen LogP contribution is -2.29. The van der Waals surface area contributed by atoms with Gasteiger partial charge in [0.1, 0.15) is 5.57 Å². The van der Waals surface area contributed by atoms with E-state index in [4.69, 9.17) is 10.6 Å². The topological polar surface area (TPSA) is 76.9 Å². The van der Waals surface area contributed by atoms with Gasteiger partial charge in [-0.15, -0.1) is 0 Å². The number of rotatable bonds is 2. The second-order valence-electron chi connectivity index (χ2n) is 3.18. The molecule has 0 fully saturated rings. The van der Waals surface area contributed by atoms with E-state index in [1.54, 1.807) is 6.08 Å². The molecule has 1 unspecified atom stereocenters. The number of carbonyl (C=O) groups is 1. The molecule has 5 heteroatoms. The summed E-state index contributed by atoms with van der Waals surface area (Å²) in [7, 11) is 3.68. The van der Waals surface area contributed by atoms with Gasteiger partial charge in [-0.2, -0.15) is 4.79 Å². The minimum Gasteiger partial charge on any atom is -0.477 e. The zero-order chi connectivity index (χ0) is 10.7. The standard InChI is InChI=1S/C9H11N3O2/c1-12(2)6-3-4-8(11-10)7(5-6)9(13)14/h3-6H,1-2H3,(H,13,14). The number of carboxylic acids is 1. The zero-order valence-electron chi connectivity index (χ0n) is 8.01. The van der Waals surface area contributed by atoms with Crippen molar-refractivity contribution in [2.75, 3.05) is 14.1 Å². The highest BCUT2D eigenvalue weighted by Crippen LogP contribution is 2.11. The van der Waals surface area contributed by atoms with E-state index < -0.39 is 5.97 Å². The number of aliphatic carboxylic acids is 1. The van der Waals surface area contributed by atoms with Crippen LogP contribution in [0.25, 0.3) is 5.53 Å². The Morgan fingerprint density at radius 1 is 1.64 bits per heavy atom. The lowest BCUT2D eigenvalue weighted by Gasteiger charge is -2.19. The average molecular weight is 193 g/mol. The summed E-state index contributed by atoms with van der Waals surface area (Å²) in [5, 5.41) is 8.83. The van der Waals surface area contributed by atoms with Gasteiger partial charge in [0.05, 0.1) is 0 Å². The lowest BCUT2D eigenvalue weighted by molar-refractivity contribution is -0.132. The molecule has 1 aliphatic carbocycles. The van der Waals surface area contributed by atoms with Crippen molar-refractivity contribution < 1.29 is 14.7 Å². The third kappa shape index (κ3) is 1.96. The summed E-state index contributed by atoms with van der Waals surface area (Å²) in [4.78, 5) is 15.5. The fourth-order valence-corrected chi connectivity index (χ4v) is 1.18. The van der Waals surface area contributed by atoms with Crippen LogP contribution in [0.5, 0.6) is 0 Å². The highest BCUT2D eigenvalue weighted by Gasteiger charge is 2.25. The van der Waals surface area contributed by atoms with Gasteiger partial charge in [-0.25, -0.2) is 4.79 Å². The van der Waals surface area contributed by atoms with E-state index in [0.29, 0.717) is 0 Å². The van der Waals surface area contributed by atoms with E-state index in [1.807, 2.05) is 19.0 Å². The van der Waals surface area contributed by atoms with E-state index in [9.17, 15) is 4.79 Å². The predicted octanol–water partition coefficient (Wildman–Crippen LogP) is 0.168. The SMILES string of the molecule is CN(C)C1C=CC(=[N+]=[N-])C(C(=O)O)=C1. The summed E-state index contributed by atoms with van der Waals surface area (Å²) >= 11 is 0. The van der Waals surface area contributed by atoms with Crippen LogP contribution in [0, 0.1) is 0 Å². The third-order valence-electron chi connectivity index (χ3n) is 2.00. The zero-order valence-corrected chi connectivity index (χ0v) is 8.01. The van der Waals surface area contributed by atoms with Crippen LogP contribution in [-0.2, 0) is 4.79 Å². The van der Waals surface area contributed by atoms with Crippen LogP contribution in [-0.4, -0.2) is 46.6 Å². The summed E-state index contributed by atoms with van der Waals surface area (Å²) in [6.07, 6.45) is 4.80. The number of allylic oxidation sites excluding steroid dienone is 1. The summed E-state index contributed by atoms with van der Waals surface area (Å²) in [6.45, 7) is 0. The summed E-state index contributed by atoms with van der Waals surface area (Å²) in [6, 6.07) is -0.0772. The lowest BCUT2D eigenvalue weighted by atomic mass is 10.0. The highest BCUT2D eigenvalue weighted by molar-refractivity contribution is 6.22. The molecule has 74 valence electrons. The second-order valence-corrected chi connectivity index (χ2v) is 3.18. The second kappa shape index (κ2) is 4.00. The minimum absolute atomic E-state index is 0.0219. The molecule has 0 amide bonds. The summed E-state index contributed by atoms with van der Waals surface area (Å²) in [5.41, 5.74) is 8.66. The van der Waals surface area contributed by atoms with Gasteiger partial charge in [-0.1, -0.05) is 6.08 Å². The Labute approximate surface area is 81.6 Å².